The number of amides is 2. The number of anilines is 1. The zero-order valence-corrected chi connectivity index (χ0v) is 16.5. The quantitative estimate of drug-likeness (QED) is 0.423. The normalized spacial score (nSPS) is 9.93. The van der Waals surface area contributed by atoms with Gasteiger partial charge in [0.2, 0.25) is 0 Å². The second kappa shape index (κ2) is 12.0. The Labute approximate surface area is 171 Å². The van der Waals surface area contributed by atoms with E-state index < -0.39 is 11.8 Å². The van der Waals surface area contributed by atoms with Crippen LogP contribution < -0.4 is 20.9 Å². The molecule has 0 atom stereocenters. The average Bonchev–Trinajstić information content (AvgIpc) is 2.76. The number of unbranched alkanes of at least 4 members (excludes halogenated alkanes) is 3. The molecule has 0 fully saturated rings. The van der Waals surface area contributed by atoms with E-state index in [1.807, 2.05) is 6.07 Å². The highest BCUT2D eigenvalue weighted by atomic mass is 16.5. The monoisotopic (exact) mass is 394 g/mol. The third kappa shape index (κ3) is 7.93. The van der Waals surface area contributed by atoms with E-state index in [1.165, 1.54) is 12.8 Å². The molecule has 0 heterocycles. The lowest BCUT2D eigenvalue weighted by molar-refractivity contribution is -0.120. The van der Waals surface area contributed by atoms with Gasteiger partial charge in [0.25, 0.3) is 11.8 Å². The van der Waals surface area contributed by atoms with Gasteiger partial charge in [-0.2, -0.15) is 5.26 Å². The molecule has 0 saturated carbocycles. The van der Waals surface area contributed by atoms with Crippen molar-refractivity contribution in [1.82, 2.24) is 10.9 Å². The third-order valence-electron chi connectivity index (χ3n) is 4.17. The van der Waals surface area contributed by atoms with Gasteiger partial charge in [0, 0.05) is 11.3 Å². The molecule has 0 aliphatic rings. The SMILES string of the molecule is CCCCCCOc1ccc(C(=O)NNC(=O)CNc2ccc(C#N)cc2)cc1. The Kier molecular flexibility index (Phi) is 9.03. The fourth-order valence-corrected chi connectivity index (χ4v) is 2.51. The van der Waals surface area contributed by atoms with Crippen molar-refractivity contribution >= 4 is 17.5 Å². The van der Waals surface area contributed by atoms with Gasteiger partial charge in [0.15, 0.2) is 0 Å². The van der Waals surface area contributed by atoms with Crippen LogP contribution in [0.15, 0.2) is 48.5 Å². The van der Waals surface area contributed by atoms with Gasteiger partial charge in [-0.3, -0.25) is 20.4 Å². The molecule has 2 aromatic rings. The van der Waals surface area contributed by atoms with Crippen molar-refractivity contribution in [2.24, 2.45) is 0 Å². The zero-order chi connectivity index (χ0) is 20.9. The summed E-state index contributed by atoms with van der Waals surface area (Å²) in [6.45, 7) is 2.81. The van der Waals surface area contributed by atoms with Crippen LogP contribution in [0, 0.1) is 11.3 Å². The van der Waals surface area contributed by atoms with E-state index in [0.29, 0.717) is 29.2 Å². The smallest absolute Gasteiger partial charge is 0.269 e. The van der Waals surface area contributed by atoms with Crippen LogP contribution in [0.25, 0.3) is 0 Å². The lowest BCUT2D eigenvalue weighted by atomic mass is 10.2. The first-order valence-electron chi connectivity index (χ1n) is 9.68. The van der Waals surface area contributed by atoms with Crippen LogP contribution >= 0.6 is 0 Å². The van der Waals surface area contributed by atoms with Gasteiger partial charge in [0.1, 0.15) is 5.75 Å². The van der Waals surface area contributed by atoms with Crippen molar-refractivity contribution in [1.29, 1.82) is 5.26 Å². The third-order valence-corrected chi connectivity index (χ3v) is 4.17. The Morgan fingerprint density at radius 2 is 1.69 bits per heavy atom. The highest BCUT2D eigenvalue weighted by Crippen LogP contribution is 2.13. The predicted molar refractivity (Wildman–Crippen MR) is 111 cm³/mol. The van der Waals surface area contributed by atoms with Gasteiger partial charge in [-0.05, 0) is 55.0 Å². The highest BCUT2D eigenvalue weighted by molar-refractivity contribution is 5.95. The fourth-order valence-electron chi connectivity index (χ4n) is 2.51. The first-order valence-corrected chi connectivity index (χ1v) is 9.68. The molecule has 0 aliphatic heterocycles. The van der Waals surface area contributed by atoms with E-state index in [4.69, 9.17) is 10.00 Å². The van der Waals surface area contributed by atoms with Gasteiger partial charge in [0.05, 0.1) is 24.8 Å². The number of benzene rings is 2. The maximum Gasteiger partial charge on any atom is 0.269 e. The van der Waals surface area contributed by atoms with Crippen molar-refractivity contribution in [2.45, 2.75) is 32.6 Å². The Balaban J connectivity index is 1.69. The molecule has 0 radical (unpaired) electrons. The number of hydrogen-bond donors (Lipinski definition) is 3. The second-order valence-corrected chi connectivity index (χ2v) is 6.48. The summed E-state index contributed by atoms with van der Waals surface area (Å²) < 4.78 is 5.65. The summed E-state index contributed by atoms with van der Waals surface area (Å²) >= 11 is 0. The number of carbonyl (C=O) groups is 2. The lowest BCUT2D eigenvalue weighted by Gasteiger charge is -2.10. The number of nitriles is 1. The number of hydrazine groups is 1. The van der Waals surface area contributed by atoms with Crippen LogP contribution in [-0.4, -0.2) is 25.0 Å². The van der Waals surface area contributed by atoms with Crippen LogP contribution in [0.4, 0.5) is 5.69 Å². The maximum atomic E-state index is 12.1. The van der Waals surface area contributed by atoms with Crippen molar-refractivity contribution in [3.05, 3.63) is 59.7 Å². The molecule has 2 amide bonds. The molecule has 2 rings (SSSR count). The Bertz CT molecular complexity index is 827. The summed E-state index contributed by atoms with van der Waals surface area (Å²) in [6.07, 6.45) is 4.55. The van der Waals surface area contributed by atoms with E-state index in [0.717, 1.165) is 12.8 Å². The molecular weight excluding hydrogens is 368 g/mol. The van der Waals surface area contributed by atoms with E-state index in [-0.39, 0.29) is 6.54 Å². The van der Waals surface area contributed by atoms with Gasteiger partial charge in [-0.25, -0.2) is 0 Å². The Morgan fingerprint density at radius 3 is 2.34 bits per heavy atom. The molecule has 7 nitrogen and oxygen atoms in total. The number of hydrogen-bond acceptors (Lipinski definition) is 5. The van der Waals surface area contributed by atoms with Crippen LogP contribution in [0.1, 0.15) is 48.5 Å². The average molecular weight is 394 g/mol. The van der Waals surface area contributed by atoms with Crippen LogP contribution in [0.5, 0.6) is 5.75 Å². The predicted octanol–water partition coefficient (Wildman–Crippen LogP) is 3.39. The number of carbonyl (C=O) groups excluding carboxylic acids is 2. The number of nitrogens with zero attached hydrogens (tertiary/aromatic N) is 1. The minimum absolute atomic E-state index is 0.0169. The van der Waals surface area contributed by atoms with E-state index >= 15 is 0 Å². The van der Waals surface area contributed by atoms with Crippen molar-refractivity contribution in [2.75, 3.05) is 18.5 Å². The maximum absolute atomic E-state index is 12.1. The molecule has 0 aliphatic carbocycles. The molecule has 152 valence electrons. The largest absolute Gasteiger partial charge is 0.494 e. The first kappa shape index (κ1) is 21.8. The topological polar surface area (TPSA) is 103 Å². The molecule has 0 bridgehead atoms. The highest BCUT2D eigenvalue weighted by Gasteiger charge is 2.08. The molecule has 2 aromatic carbocycles. The van der Waals surface area contributed by atoms with Gasteiger partial charge in [-0.1, -0.05) is 26.2 Å². The molecule has 0 saturated heterocycles. The summed E-state index contributed by atoms with van der Waals surface area (Å²) in [5.74, 6) is -0.0883. The molecule has 0 spiro atoms. The van der Waals surface area contributed by atoms with Crippen molar-refractivity contribution < 1.29 is 14.3 Å². The van der Waals surface area contributed by atoms with Crippen LogP contribution in [0.3, 0.4) is 0 Å². The van der Waals surface area contributed by atoms with Crippen molar-refractivity contribution in [3.8, 4) is 11.8 Å². The molecule has 3 N–H and O–H groups in total. The second-order valence-electron chi connectivity index (χ2n) is 6.48. The fraction of sp³-hybridized carbons (Fsp3) is 0.318. The summed E-state index contributed by atoms with van der Waals surface area (Å²) in [5, 5.41) is 11.7. The Morgan fingerprint density at radius 1 is 0.966 bits per heavy atom. The summed E-state index contributed by atoms with van der Waals surface area (Å²) in [4.78, 5) is 24.0. The summed E-state index contributed by atoms with van der Waals surface area (Å²) in [6, 6.07) is 15.5. The standard InChI is InChI=1S/C22H26N4O3/c1-2-3-4-5-14-29-20-12-8-18(9-13-20)22(28)26-25-21(27)16-24-19-10-6-17(15-23)7-11-19/h6-13,24H,2-5,14,16H2,1H3,(H,25,27)(H,26,28). The van der Waals surface area contributed by atoms with Gasteiger partial charge in [-0.15, -0.1) is 0 Å². The minimum Gasteiger partial charge on any atom is -0.494 e. The molecule has 0 unspecified atom stereocenters. The molecule has 7 heteroatoms. The number of ether oxygens (including phenoxy) is 1. The molecular formula is C22H26N4O3. The number of nitrogens with one attached hydrogen (secondary N) is 3. The molecule has 0 aromatic heterocycles. The zero-order valence-electron chi connectivity index (χ0n) is 16.5. The van der Waals surface area contributed by atoms with Crippen molar-refractivity contribution in [3.63, 3.8) is 0 Å². The van der Waals surface area contributed by atoms with E-state index in [1.54, 1.807) is 48.5 Å². The Hall–Kier alpha value is -3.53. The minimum atomic E-state index is -0.411. The van der Waals surface area contributed by atoms with E-state index in [2.05, 4.69) is 23.1 Å². The summed E-state index contributed by atoms with van der Waals surface area (Å²) in [5.41, 5.74) is 6.40. The first-order chi connectivity index (χ1) is 14.1. The van der Waals surface area contributed by atoms with Crippen LogP contribution in [-0.2, 0) is 4.79 Å². The van der Waals surface area contributed by atoms with Crippen LogP contribution in [0.2, 0.25) is 0 Å². The summed E-state index contributed by atoms with van der Waals surface area (Å²) in [7, 11) is 0. The van der Waals surface area contributed by atoms with E-state index in [9.17, 15) is 9.59 Å². The molecule has 29 heavy (non-hydrogen) atoms. The van der Waals surface area contributed by atoms with Gasteiger partial charge < -0.3 is 10.1 Å². The lowest BCUT2D eigenvalue weighted by Crippen LogP contribution is -2.44. The number of rotatable bonds is 10. The van der Waals surface area contributed by atoms with Gasteiger partial charge >= 0.3 is 0 Å².